The second kappa shape index (κ2) is 6.45. The fourth-order valence-corrected chi connectivity index (χ4v) is 3.00. The highest BCUT2D eigenvalue weighted by molar-refractivity contribution is 6.35. The van der Waals surface area contributed by atoms with E-state index in [1.54, 1.807) is 6.07 Å². The number of anilines is 1. The van der Waals surface area contributed by atoms with Crippen LogP contribution in [0, 0.1) is 0 Å². The Morgan fingerprint density at radius 1 is 1.17 bits per heavy atom. The highest BCUT2D eigenvalue weighted by atomic mass is 35.5. The molecular weight excluding hydrogens is 341 g/mol. The number of benzene rings is 2. The molecule has 0 saturated carbocycles. The van der Waals surface area contributed by atoms with Crippen molar-refractivity contribution in [1.82, 2.24) is 5.32 Å². The molecule has 1 aliphatic rings. The third-order valence-electron chi connectivity index (χ3n) is 3.90. The van der Waals surface area contributed by atoms with Crippen molar-refractivity contribution in [2.75, 3.05) is 11.9 Å². The van der Waals surface area contributed by atoms with Gasteiger partial charge in [-0.2, -0.15) is 13.2 Å². The molecule has 0 radical (unpaired) electrons. The van der Waals surface area contributed by atoms with Crippen LogP contribution in [0.15, 0.2) is 36.4 Å². The number of nitrogens with one attached hydrogen (secondary N) is 2. The maximum absolute atomic E-state index is 12.9. The van der Waals surface area contributed by atoms with Gasteiger partial charge in [-0.05, 0) is 48.4 Å². The zero-order chi connectivity index (χ0) is 17.3. The first kappa shape index (κ1) is 16.8. The molecule has 24 heavy (non-hydrogen) atoms. The van der Waals surface area contributed by atoms with Crippen molar-refractivity contribution in [3.63, 3.8) is 0 Å². The minimum absolute atomic E-state index is 0.206. The topological polar surface area (TPSA) is 41.1 Å². The summed E-state index contributed by atoms with van der Waals surface area (Å²) in [6, 6.07) is 8.76. The van der Waals surface area contributed by atoms with Crippen LogP contribution >= 0.6 is 11.6 Å². The number of carbonyl (C=O) groups is 1. The van der Waals surface area contributed by atoms with E-state index in [0.717, 1.165) is 24.6 Å². The molecule has 0 unspecified atom stereocenters. The third-order valence-corrected chi connectivity index (χ3v) is 4.31. The van der Waals surface area contributed by atoms with Crippen molar-refractivity contribution >= 4 is 23.2 Å². The molecule has 3 nitrogen and oxygen atoms in total. The summed E-state index contributed by atoms with van der Waals surface area (Å²) in [4.78, 5) is 12.3. The maximum Gasteiger partial charge on any atom is 0.417 e. The zero-order valence-electron chi connectivity index (χ0n) is 12.5. The van der Waals surface area contributed by atoms with Crippen LogP contribution in [0.4, 0.5) is 18.9 Å². The van der Waals surface area contributed by atoms with Gasteiger partial charge in [0.2, 0.25) is 0 Å². The van der Waals surface area contributed by atoms with Gasteiger partial charge in [-0.3, -0.25) is 4.79 Å². The Hall–Kier alpha value is -2.05. The van der Waals surface area contributed by atoms with E-state index in [0.29, 0.717) is 12.2 Å². The molecule has 126 valence electrons. The van der Waals surface area contributed by atoms with Gasteiger partial charge in [-0.1, -0.05) is 23.7 Å². The number of hydrogen-bond donors (Lipinski definition) is 2. The van der Waals surface area contributed by atoms with Crippen LogP contribution in [0.3, 0.4) is 0 Å². The van der Waals surface area contributed by atoms with Crippen molar-refractivity contribution in [1.29, 1.82) is 0 Å². The number of amides is 1. The van der Waals surface area contributed by atoms with E-state index in [1.807, 2.05) is 12.1 Å². The number of halogens is 4. The SMILES string of the molecule is O=C(Nc1ccc2c(c1)CNCC2)c1cccc(C(F)(F)F)c1Cl. The van der Waals surface area contributed by atoms with Crippen LogP contribution in [-0.4, -0.2) is 12.5 Å². The van der Waals surface area contributed by atoms with Crippen molar-refractivity contribution in [2.24, 2.45) is 0 Å². The second-order valence-corrected chi connectivity index (χ2v) is 5.91. The molecule has 2 N–H and O–H groups in total. The first-order valence-electron chi connectivity index (χ1n) is 7.36. The van der Waals surface area contributed by atoms with Crippen LogP contribution in [-0.2, 0) is 19.1 Å². The van der Waals surface area contributed by atoms with Gasteiger partial charge in [0.15, 0.2) is 0 Å². The Kier molecular flexibility index (Phi) is 4.51. The summed E-state index contributed by atoms with van der Waals surface area (Å²) in [6.45, 7) is 1.60. The van der Waals surface area contributed by atoms with E-state index in [-0.39, 0.29) is 5.56 Å². The van der Waals surface area contributed by atoms with E-state index in [4.69, 9.17) is 11.6 Å². The Balaban J connectivity index is 1.86. The standard InChI is InChI=1S/C17H14ClF3N2O/c18-15-13(2-1-3-14(15)17(19,20)21)16(24)23-12-5-4-10-6-7-22-9-11(10)8-12/h1-5,8,22H,6-7,9H2,(H,23,24). The molecule has 0 spiro atoms. The lowest BCUT2D eigenvalue weighted by molar-refractivity contribution is -0.137. The normalized spacial score (nSPS) is 14.2. The highest BCUT2D eigenvalue weighted by Gasteiger charge is 2.34. The summed E-state index contributed by atoms with van der Waals surface area (Å²) in [7, 11) is 0. The molecule has 0 aromatic heterocycles. The van der Waals surface area contributed by atoms with Crippen molar-refractivity contribution < 1.29 is 18.0 Å². The molecule has 7 heteroatoms. The van der Waals surface area contributed by atoms with Crippen LogP contribution in [0.25, 0.3) is 0 Å². The van der Waals surface area contributed by atoms with E-state index >= 15 is 0 Å². The zero-order valence-corrected chi connectivity index (χ0v) is 13.3. The quantitative estimate of drug-likeness (QED) is 0.846. The number of hydrogen-bond acceptors (Lipinski definition) is 2. The number of rotatable bonds is 2. The lowest BCUT2D eigenvalue weighted by Crippen LogP contribution is -2.23. The molecule has 1 aliphatic heterocycles. The summed E-state index contributed by atoms with van der Waals surface area (Å²) >= 11 is 5.78. The summed E-state index contributed by atoms with van der Waals surface area (Å²) in [5.41, 5.74) is 1.56. The van der Waals surface area contributed by atoms with Crippen molar-refractivity contribution in [3.8, 4) is 0 Å². The fourth-order valence-electron chi connectivity index (χ4n) is 2.68. The minimum atomic E-state index is -4.61. The van der Waals surface area contributed by atoms with E-state index in [9.17, 15) is 18.0 Å². The number of carbonyl (C=O) groups excluding carboxylic acids is 1. The van der Waals surface area contributed by atoms with Gasteiger partial charge in [0.05, 0.1) is 16.1 Å². The third kappa shape index (κ3) is 3.39. The van der Waals surface area contributed by atoms with Gasteiger partial charge in [-0.15, -0.1) is 0 Å². The molecule has 1 amide bonds. The molecule has 0 atom stereocenters. The lowest BCUT2D eigenvalue weighted by Gasteiger charge is -2.18. The van der Waals surface area contributed by atoms with Gasteiger partial charge < -0.3 is 10.6 Å². The largest absolute Gasteiger partial charge is 0.417 e. The van der Waals surface area contributed by atoms with Crippen LogP contribution in [0.5, 0.6) is 0 Å². The summed E-state index contributed by atoms with van der Waals surface area (Å²) < 4.78 is 38.7. The Morgan fingerprint density at radius 3 is 2.71 bits per heavy atom. The molecule has 3 rings (SSSR count). The predicted octanol–water partition coefficient (Wildman–Crippen LogP) is 4.26. The first-order valence-corrected chi connectivity index (χ1v) is 7.73. The number of alkyl halides is 3. The van der Waals surface area contributed by atoms with E-state index < -0.39 is 22.7 Å². The Labute approximate surface area is 141 Å². The smallest absolute Gasteiger partial charge is 0.322 e. The Bertz CT molecular complexity index is 790. The lowest BCUT2D eigenvalue weighted by atomic mass is 10.0. The van der Waals surface area contributed by atoms with Gasteiger partial charge in [0.1, 0.15) is 0 Å². The molecule has 2 aromatic rings. The molecule has 0 fully saturated rings. The van der Waals surface area contributed by atoms with E-state index in [2.05, 4.69) is 10.6 Å². The minimum Gasteiger partial charge on any atom is -0.322 e. The average molecular weight is 355 g/mol. The van der Waals surface area contributed by atoms with Gasteiger partial charge >= 0.3 is 6.18 Å². The fraction of sp³-hybridized carbons (Fsp3) is 0.235. The summed E-state index contributed by atoms with van der Waals surface area (Å²) in [6.07, 6.45) is -3.70. The first-order chi connectivity index (χ1) is 11.4. The van der Waals surface area contributed by atoms with Crippen molar-refractivity contribution in [3.05, 3.63) is 63.7 Å². The molecule has 0 saturated heterocycles. The second-order valence-electron chi connectivity index (χ2n) is 5.53. The van der Waals surface area contributed by atoms with Crippen LogP contribution in [0.1, 0.15) is 27.0 Å². The monoisotopic (exact) mass is 354 g/mol. The van der Waals surface area contributed by atoms with Gasteiger partial charge in [0.25, 0.3) is 5.91 Å². The van der Waals surface area contributed by atoms with Crippen LogP contribution in [0.2, 0.25) is 5.02 Å². The molecule has 0 bridgehead atoms. The summed E-state index contributed by atoms with van der Waals surface area (Å²) in [5.74, 6) is -0.671. The van der Waals surface area contributed by atoms with Gasteiger partial charge in [-0.25, -0.2) is 0 Å². The van der Waals surface area contributed by atoms with Crippen LogP contribution < -0.4 is 10.6 Å². The van der Waals surface area contributed by atoms with Gasteiger partial charge in [0, 0.05) is 12.2 Å². The Morgan fingerprint density at radius 2 is 1.96 bits per heavy atom. The number of fused-ring (bicyclic) bond motifs is 1. The summed E-state index contributed by atoms with van der Waals surface area (Å²) in [5, 5.41) is 5.24. The highest BCUT2D eigenvalue weighted by Crippen LogP contribution is 2.36. The molecule has 2 aromatic carbocycles. The van der Waals surface area contributed by atoms with Crippen molar-refractivity contribution in [2.45, 2.75) is 19.1 Å². The van der Waals surface area contributed by atoms with E-state index in [1.165, 1.54) is 17.7 Å². The maximum atomic E-state index is 12.9. The predicted molar refractivity (Wildman–Crippen MR) is 86.3 cm³/mol. The molecular formula is C17H14ClF3N2O. The average Bonchev–Trinajstić information content (AvgIpc) is 2.53. The molecule has 1 heterocycles. The molecule has 0 aliphatic carbocycles.